The topological polar surface area (TPSA) is 46.0 Å². The normalized spacial score (nSPS) is 24.0. The summed E-state index contributed by atoms with van der Waals surface area (Å²) in [4.78, 5) is 2.43. The smallest absolute Gasteiger partial charge is 0.146 e. The van der Waals surface area contributed by atoms with Gasteiger partial charge in [0.15, 0.2) is 0 Å². The lowest BCUT2D eigenvalue weighted by molar-refractivity contribution is 0.160. The first-order chi connectivity index (χ1) is 6.77. The zero-order valence-electron chi connectivity index (χ0n) is 8.77. The van der Waals surface area contributed by atoms with Gasteiger partial charge in [0.2, 0.25) is 0 Å². The Kier molecular flexibility index (Phi) is 2.79. The highest BCUT2D eigenvalue weighted by molar-refractivity contribution is 4.87. The van der Waals surface area contributed by atoms with Gasteiger partial charge in [-0.2, -0.15) is 0 Å². The Morgan fingerprint density at radius 1 is 1.64 bits per heavy atom. The molecule has 1 aromatic rings. The molecule has 0 saturated carbocycles. The third-order valence-electron chi connectivity index (χ3n) is 2.79. The van der Waals surface area contributed by atoms with E-state index in [9.17, 15) is 0 Å². The van der Waals surface area contributed by atoms with Gasteiger partial charge in [-0.05, 0) is 6.92 Å². The van der Waals surface area contributed by atoms with Crippen LogP contribution in [0.3, 0.4) is 0 Å². The van der Waals surface area contributed by atoms with Crippen molar-refractivity contribution >= 4 is 0 Å². The zero-order chi connectivity index (χ0) is 9.97. The van der Waals surface area contributed by atoms with Crippen LogP contribution in [-0.2, 0) is 13.6 Å². The summed E-state index contributed by atoms with van der Waals surface area (Å²) in [5, 5.41) is 11.4. The van der Waals surface area contributed by atoms with Gasteiger partial charge >= 0.3 is 0 Å². The number of hydrogen-bond donors (Lipinski definition) is 1. The van der Waals surface area contributed by atoms with Crippen LogP contribution < -0.4 is 5.32 Å². The highest BCUT2D eigenvalue weighted by Crippen LogP contribution is 2.06. The Hall–Kier alpha value is -0.940. The van der Waals surface area contributed by atoms with E-state index < -0.39 is 0 Å². The second-order valence-electron chi connectivity index (χ2n) is 3.88. The fraction of sp³-hybridized carbons (Fsp3) is 0.778. The molecular formula is C9H17N5. The number of nitrogens with one attached hydrogen (secondary N) is 1. The van der Waals surface area contributed by atoms with E-state index in [0.717, 1.165) is 32.0 Å². The van der Waals surface area contributed by atoms with Gasteiger partial charge in [-0.25, -0.2) is 0 Å². The summed E-state index contributed by atoms with van der Waals surface area (Å²) in [7, 11) is 1.99. The Morgan fingerprint density at radius 3 is 3.14 bits per heavy atom. The molecule has 5 nitrogen and oxygen atoms in total. The van der Waals surface area contributed by atoms with Crippen LogP contribution in [0.1, 0.15) is 12.7 Å². The van der Waals surface area contributed by atoms with Gasteiger partial charge in [0.05, 0.1) is 6.54 Å². The monoisotopic (exact) mass is 195 g/mol. The van der Waals surface area contributed by atoms with E-state index in [0.29, 0.717) is 6.04 Å². The SMILES string of the molecule is C[C@H]1CNCCN1Cc1nncn1C. The van der Waals surface area contributed by atoms with Crippen molar-refractivity contribution in [1.29, 1.82) is 0 Å². The molecule has 1 saturated heterocycles. The highest BCUT2D eigenvalue weighted by Gasteiger charge is 2.19. The van der Waals surface area contributed by atoms with Gasteiger partial charge in [0.1, 0.15) is 12.2 Å². The van der Waals surface area contributed by atoms with Gasteiger partial charge in [-0.15, -0.1) is 10.2 Å². The van der Waals surface area contributed by atoms with Crippen LogP contribution in [0.5, 0.6) is 0 Å². The molecule has 0 unspecified atom stereocenters. The van der Waals surface area contributed by atoms with E-state index in [4.69, 9.17) is 0 Å². The lowest BCUT2D eigenvalue weighted by Crippen LogP contribution is -2.49. The molecule has 0 aliphatic carbocycles. The van der Waals surface area contributed by atoms with Gasteiger partial charge in [-0.1, -0.05) is 0 Å². The largest absolute Gasteiger partial charge is 0.320 e. The molecule has 0 amide bonds. The standard InChI is InChI=1S/C9H17N5/c1-8-5-10-3-4-14(8)6-9-12-11-7-13(9)2/h7-8,10H,3-6H2,1-2H3/t8-/m0/s1. The molecular weight excluding hydrogens is 178 g/mol. The molecule has 1 aliphatic rings. The number of piperazine rings is 1. The van der Waals surface area contributed by atoms with Gasteiger partial charge in [0, 0.05) is 32.7 Å². The molecule has 0 aromatic carbocycles. The maximum absolute atomic E-state index is 4.10. The first-order valence-corrected chi connectivity index (χ1v) is 5.05. The van der Waals surface area contributed by atoms with Crippen molar-refractivity contribution in [2.24, 2.45) is 7.05 Å². The minimum absolute atomic E-state index is 0.584. The second kappa shape index (κ2) is 4.06. The third kappa shape index (κ3) is 1.93. The Labute approximate surface area is 84.1 Å². The zero-order valence-corrected chi connectivity index (χ0v) is 8.77. The van der Waals surface area contributed by atoms with Crippen molar-refractivity contribution in [1.82, 2.24) is 25.0 Å². The average molecular weight is 195 g/mol. The van der Waals surface area contributed by atoms with Crippen LogP contribution in [-0.4, -0.2) is 45.3 Å². The predicted molar refractivity (Wildman–Crippen MR) is 53.7 cm³/mol. The molecule has 1 atom stereocenters. The van der Waals surface area contributed by atoms with Gasteiger partial charge in [0.25, 0.3) is 0 Å². The predicted octanol–water partition coefficient (Wildman–Crippen LogP) is -0.391. The van der Waals surface area contributed by atoms with Crippen LogP contribution >= 0.6 is 0 Å². The molecule has 5 heteroatoms. The quantitative estimate of drug-likeness (QED) is 0.698. The van der Waals surface area contributed by atoms with Gasteiger partial charge < -0.3 is 9.88 Å². The summed E-state index contributed by atoms with van der Waals surface area (Å²) in [6.07, 6.45) is 1.75. The van der Waals surface area contributed by atoms with Crippen molar-refractivity contribution in [2.45, 2.75) is 19.5 Å². The second-order valence-corrected chi connectivity index (χ2v) is 3.88. The summed E-state index contributed by atoms with van der Waals surface area (Å²) in [5.74, 6) is 1.04. The maximum Gasteiger partial charge on any atom is 0.146 e. The number of aryl methyl sites for hydroxylation is 1. The molecule has 1 N–H and O–H groups in total. The summed E-state index contributed by atoms with van der Waals surface area (Å²) in [6.45, 7) is 6.37. The molecule has 0 bridgehead atoms. The fourth-order valence-corrected chi connectivity index (χ4v) is 1.75. The summed E-state index contributed by atoms with van der Waals surface area (Å²) < 4.78 is 1.98. The summed E-state index contributed by atoms with van der Waals surface area (Å²) in [6, 6.07) is 0.584. The van der Waals surface area contributed by atoms with Crippen molar-refractivity contribution < 1.29 is 0 Å². The number of aromatic nitrogens is 3. The molecule has 2 rings (SSSR count). The molecule has 1 aromatic heterocycles. The number of rotatable bonds is 2. The van der Waals surface area contributed by atoms with E-state index in [-0.39, 0.29) is 0 Å². The Morgan fingerprint density at radius 2 is 2.50 bits per heavy atom. The van der Waals surface area contributed by atoms with E-state index in [1.54, 1.807) is 6.33 Å². The molecule has 78 valence electrons. The minimum atomic E-state index is 0.584. The van der Waals surface area contributed by atoms with Crippen LogP contribution in [0, 0.1) is 0 Å². The molecule has 1 aliphatic heterocycles. The van der Waals surface area contributed by atoms with Crippen molar-refractivity contribution in [3.8, 4) is 0 Å². The van der Waals surface area contributed by atoms with Crippen molar-refractivity contribution in [3.05, 3.63) is 12.2 Å². The highest BCUT2D eigenvalue weighted by atomic mass is 15.3. The Bertz CT molecular complexity index is 295. The van der Waals surface area contributed by atoms with E-state index in [2.05, 4.69) is 27.3 Å². The fourth-order valence-electron chi connectivity index (χ4n) is 1.75. The third-order valence-corrected chi connectivity index (χ3v) is 2.79. The van der Waals surface area contributed by atoms with Gasteiger partial charge in [-0.3, -0.25) is 4.90 Å². The van der Waals surface area contributed by atoms with E-state index >= 15 is 0 Å². The first-order valence-electron chi connectivity index (χ1n) is 5.05. The molecule has 0 spiro atoms. The summed E-state index contributed by atoms with van der Waals surface area (Å²) >= 11 is 0. The summed E-state index contributed by atoms with van der Waals surface area (Å²) in [5.41, 5.74) is 0. The van der Waals surface area contributed by atoms with Crippen LogP contribution in [0.4, 0.5) is 0 Å². The number of hydrogen-bond acceptors (Lipinski definition) is 4. The van der Waals surface area contributed by atoms with Crippen LogP contribution in [0.25, 0.3) is 0 Å². The lowest BCUT2D eigenvalue weighted by atomic mass is 10.2. The first kappa shape index (κ1) is 9.61. The van der Waals surface area contributed by atoms with Crippen molar-refractivity contribution in [2.75, 3.05) is 19.6 Å². The van der Waals surface area contributed by atoms with Crippen LogP contribution in [0.2, 0.25) is 0 Å². The van der Waals surface area contributed by atoms with E-state index in [1.807, 2.05) is 11.6 Å². The lowest BCUT2D eigenvalue weighted by Gasteiger charge is -2.33. The van der Waals surface area contributed by atoms with E-state index in [1.165, 1.54) is 0 Å². The molecule has 0 radical (unpaired) electrons. The van der Waals surface area contributed by atoms with Crippen LogP contribution in [0.15, 0.2) is 6.33 Å². The average Bonchev–Trinajstić information content (AvgIpc) is 2.56. The maximum atomic E-state index is 4.10. The molecule has 2 heterocycles. The molecule has 1 fully saturated rings. The van der Waals surface area contributed by atoms with Crippen molar-refractivity contribution in [3.63, 3.8) is 0 Å². The number of nitrogens with zero attached hydrogens (tertiary/aromatic N) is 4. The molecule has 14 heavy (non-hydrogen) atoms. The Balaban J connectivity index is 1.99. The minimum Gasteiger partial charge on any atom is -0.320 e.